The predicted octanol–water partition coefficient (Wildman–Crippen LogP) is 2.56. The highest BCUT2D eigenvalue weighted by Gasteiger charge is 2.22. The quantitative estimate of drug-likeness (QED) is 0.608. The molecule has 3 rings (SSSR count). The van der Waals surface area contributed by atoms with E-state index in [1.165, 1.54) is 18.2 Å². The third-order valence-electron chi connectivity index (χ3n) is 4.31. The molecule has 28 heavy (non-hydrogen) atoms. The van der Waals surface area contributed by atoms with Gasteiger partial charge in [0.1, 0.15) is 17.2 Å². The molecular weight excluding hydrogens is 365 g/mol. The Kier molecular flexibility index (Phi) is 5.39. The maximum Gasteiger partial charge on any atom is 0.305 e. The molecule has 0 aliphatic heterocycles. The van der Waals surface area contributed by atoms with E-state index in [9.17, 15) is 23.9 Å². The minimum absolute atomic E-state index is 0.0208. The summed E-state index contributed by atoms with van der Waals surface area (Å²) in [6.45, 7) is 1.81. The Bertz CT molecular complexity index is 1090. The molecule has 1 atom stereocenters. The number of benzene rings is 2. The fourth-order valence-electron chi connectivity index (χ4n) is 2.95. The lowest BCUT2D eigenvalue weighted by Crippen LogP contribution is -2.31. The van der Waals surface area contributed by atoms with Crippen molar-refractivity contribution >= 4 is 11.9 Å². The first-order valence-corrected chi connectivity index (χ1v) is 8.52. The van der Waals surface area contributed by atoms with E-state index in [-0.39, 0.29) is 17.8 Å². The first-order valence-electron chi connectivity index (χ1n) is 8.52. The number of halogens is 1. The van der Waals surface area contributed by atoms with Gasteiger partial charge in [-0.25, -0.2) is 9.07 Å². The zero-order chi connectivity index (χ0) is 20.3. The van der Waals surface area contributed by atoms with Gasteiger partial charge in [-0.2, -0.15) is 0 Å². The Labute approximate surface area is 159 Å². The van der Waals surface area contributed by atoms with Crippen LogP contribution in [0.4, 0.5) is 4.39 Å². The van der Waals surface area contributed by atoms with Gasteiger partial charge in [-0.3, -0.25) is 19.5 Å². The van der Waals surface area contributed by atoms with Crippen LogP contribution in [0.1, 0.15) is 34.1 Å². The van der Waals surface area contributed by atoms with E-state index >= 15 is 0 Å². The summed E-state index contributed by atoms with van der Waals surface area (Å²) in [5, 5.41) is 14.4. The number of aliphatic carboxylic acids is 1. The molecule has 0 spiro atoms. The number of aryl methyl sites for hydroxylation is 1. The molecule has 0 aliphatic carbocycles. The summed E-state index contributed by atoms with van der Waals surface area (Å²) in [5.74, 6) is -2.37. The van der Waals surface area contributed by atoms with Crippen LogP contribution in [0, 0.1) is 12.7 Å². The second-order valence-electron chi connectivity index (χ2n) is 6.28. The van der Waals surface area contributed by atoms with Crippen LogP contribution in [-0.2, 0) is 4.79 Å². The number of hydrogen-bond donors (Lipinski definition) is 3. The summed E-state index contributed by atoms with van der Waals surface area (Å²) in [4.78, 5) is 36.0. The first kappa shape index (κ1) is 19.1. The molecule has 1 amide bonds. The van der Waals surface area contributed by atoms with E-state index in [0.717, 1.165) is 16.3 Å². The van der Waals surface area contributed by atoms with Gasteiger partial charge in [0.25, 0.3) is 11.5 Å². The second kappa shape index (κ2) is 7.91. The van der Waals surface area contributed by atoms with Crippen LogP contribution >= 0.6 is 0 Å². The fourth-order valence-corrected chi connectivity index (χ4v) is 2.95. The van der Waals surface area contributed by atoms with Crippen LogP contribution in [0.5, 0.6) is 0 Å². The Hall–Kier alpha value is -3.68. The van der Waals surface area contributed by atoms with Crippen molar-refractivity contribution in [3.63, 3.8) is 0 Å². The lowest BCUT2D eigenvalue weighted by Gasteiger charge is -2.19. The number of carbonyl (C=O) groups is 2. The van der Waals surface area contributed by atoms with Crippen molar-refractivity contribution in [2.24, 2.45) is 0 Å². The summed E-state index contributed by atoms with van der Waals surface area (Å²) in [6, 6.07) is 13.0. The summed E-state index contributed by atoms with van der Waals surface area (Å²) in [5.41, 5.74) is 0.756. The minimum atomic E-state index is -1.08. The molecule has 0 bridgehead atoms. The van der Waals surface area contributed by atoms with Gasteiger partial charge in [0, 0.05) is 6.07 Å². The van der Waals surface area contributed by atoms with Gasteiger partial charge in [-0.1, -0.05) is 36.4 Å². The number of carboxylic acid groups (broad SMARTS) is 1. The number of para-hydroxylation sites is 1. The van der Waals surface area contributed by atoms with Crippen molar-refractivity contribution < 1.29 is 19.1 Å². The van der Waals surface area contributed by atoms with E-state index in [1.54, 1.807) is 18.2 Å². The highest BCUT2D eigenvalue weighted by Crippen LogP contribution is 2.21. The molecule has 0 saturated carbocycles. The molecule has 0 aliphatic rings. The molecule has 3 N–H and O–H groups in total. The van der Waals surface area contributed by atoms with Crippen molar-refractivity contribution in [1.82, 2.24) is 15.1 Å². The zero-order valence-corrected chi connectivity index (χ0v) is 15.0. The smallest absolute Gasteiger partial charge is 0.305 e. The monoisotopic (exact) mass is 383 g/mol. The molecular formula is C20H18FN3O4. The average molecular weight is 383 g/mol. The number of nitrogens with one attached hydrogen (secondary N) is 2. The Morgan fingerprint density at radius 1 is 1.18 bits per heavy atom. The molecule has 144 valence electrons. The number of hydrogen-bond acceptors (Lipinski definition) is 3. The van der Waals surface area contributed by atoms with Crippen LogP contribution in [0.15, 0.2) is 59.4 Å². The molecule has 7 nitrogen and oxygen atoms in total. The molecule has 0 radical (unpaired) electrons. The lowest BCUT2D eigenvalue weighted by atomic mass is 9.98. The number of aromatic nitrogens is 2. The van der Waals surface area contributed by atoms with Gasteiger partial charge in [0.2, 0.25) is 0 Å². The Balaban J connectivity index is 1.90. The van der Waals surface area contributed by atoms with E-state index < -0.39 is 29.3 Å². The zero-order valence-electron chi connectivity index (χ0n) is 15.0. The summed E-state index contributed by atoms with van der Waals surface area (Å²) < 4.78 is 14.9. The highest BCUT2D eigenvalue weighted by atomic mass is 19.1. The van der Waals surface area contributed by atoms with Crippen LogP contribution in [0.3, 0.4) is 0 Å². The largest absolute Gasteiger partial charge is 0.481 e. The van der Waals surface area contributed by atoms with Gasteiger partial charge in [-0.15, -0.1) is 0 Å². The molecule has 2 aromatic carbocycles. The van der Waals surface area contributed by atoms with Crippen LogP contribution in [0.25, 0.3) is 5.69 Å². The molecule has 0 unspecified atom stereocenters. The number of H-pyrrole nitrogens is 1. The van der Waals surface area contributed by atoms with E-state index in [0.29, 0.717) is 5.56 Å². The number of carboxylic acids is 1. The standard InChI is InChI=1S/C20H18FN3O4/c1-12-6-2-3-7-13(12)15(11-19(26)27)22-20(28)16-10-18(25)24(23-16)17-9-5-4-8-14(17)21/h2-10,15,23H,11H2,1H3,(H,22,28)(H,26,27)/t15-/m0/s1. The maximum absolute atomic E-state index is 13.9. The third kappa shape index (κ3) is 4.01. The van der Waals surface area contributed by atoms with Crippen molar-refractivity contribution in [2.75, 3.05) is 0 Å². The van der Waals surface area contributed by atoms with Gasteiger partial charge in [0.05, 0.1) is 12.5 Å². The Morgan fingerprint density at radius 2 is 1.86 bits per heavy atom. The van der Waals surface area contributed by atoms with E-state index in [2.05, 4.69) is 10.4 Å². The van der Waals surface area contributed by atoms with Crippen molar-refractivity contribution in [3.05, 3.63) is 87.6 Å². The normalized spacial score (nSPS) is 11.8. The minimum Gasteiger partial charge on any atom is -0.481 e. The summed E-state index contributed by atoms with van der Waals surface area (Å²) >= 11 is 0. The lowest BCUT2D eigenvalue weighted by molar-refractivity contribution is -0.137. The number of nitrogens with zero attached hydrogens (tertiary/aromatic N) is 1. The van der Waals surface area contributed by atoms with Crippen LogP contribution < -0.4 is 10.9 Å². The number of amides is 1. The number of aromatic amines is 1. The third-order valence-corrected chi connectivity index (χ3v) is 4.31. The van der Waals surface area contributed by atoms with E-state index in [4.69, 9.17) is 0 Å². The number of carbonyl (C=O) groups excluding carboxylic acids is 1. The molecule has 8 heteroatoms. The highest BCUT2D eigenvalue weighted by molar-refractivity contribution is 5.92. The van der Waals surface area contributed by atoms with Gasteiger partial charge in [0.15, 0.2) is 0 Å². The second-order valence-corrected chi connectivity index (χ2v) is 6.28. The first-order chi connectivity index (χ1) is 13.4. The van der Waals surface area contributed by atoms with Crippen LogP contribution in [0.2, 0.25) is 0 Å². The SMILES string of the molecule is Cc1ccccc1[C@H](CC(=O)O)NC(=O)c1cc(=O)n(-c2ccccc2F)[nH]1. The summed E-state index contributed by atoms with van der Waals surface area (Å²) in [7, 11) is 0. The fraction of sp³-hybridized carbons (Fsp3) is 0.150. The van der Waals surface area contributed by atoms with Crippen molar-refractivity contribution in [2.45, 2.75) is 19.4 Å². The molecule has 0 saturated heterocycles. The molecule has 1 aromatic heterocycles. The van der Waals surface area contributed by atoms with Crippen molar-refractivity contribution in [3.8, 4) is 5.69 Å². The molecule has 1 heterocycles. The maximum atomic E-state index is 13.9. The number of rotatable bonds is 6. The van der Waals surface area contributed by atoms with E-state index in [1.807, 2.05) is 19.1 Å². The molecule has 3 aromatic rings. The van der Waals surface area contributed by atoms with Gasteiger partial charge >= 0.3 is 5.97 Å². The predicted molar refractivity (Wildman–Crippen MR) is 100.0 cm³/mol. The Morgan fingerprint density at radius 3 is 2.54 bits per heavy atom. The van der Waals surface area contributed by atoms with Crippen molar-refractivity contribution in [1.29, 1.82) is 0 Å². The average Bonchev–Trinajstić information content (AvgIpc) is 3.03. The van der Waals surface area contributed by atoms with Crippen LogP contribution in [-0.4, -0.2) is 26.8 Å². The van der Waals surface area contributed by atoms with Gasteiger partial charge in [-0.05, 0) is 30.2 Å². The summed E-state index contributed by atoms with van der Waals surface area (Å²) in [6.07, 6.45) is -0.325. The molecule has 0 fully saturated rings. The topological polar surface area (TPSA) is 104 Å². The van der Waals surface area contributed by atoms with Gasteiger partial charge < -0.3 is 10.4 Å².